The van der Waals surface area contributed by atoms with Gasteiger partial charge in [0, 0.05) is 12.7 Å². The molecule has 0 atom stereocenters. The Balaban J connectivity index is 0. The summed E-state index contributed by atoms with van der Waals surface area (Å²) in [6.45, 7) is 12.7. The van der Waals surface area contributed by atoms with E-state index in [2.05, 4.69) is 39.6 Å². The fourth-order valence-corrected chi connectivity index (χ4v) is 0.608. The third kappa shape index (κ3) is 9.51. The Labute approximate surface area is 95.7 Å². The Morgan fingerprint density at radius 1 is 1.07 bits per heavy atom. The minimum atomic E-state index is 1.12. The molecule has 0 saturated carbocycles. The number of aryl methyl sites for hydroxylation is 2. The molecule has 1 aromatic rings. The maximum atomic E-state index is 4.08. The number of nitrogens with zero attached hydrogens (tertiary/aromatic N) is 2. The van der Waals surface area contributed by atoms with Gasteiger partial charge >= 0.3 is 0 Å². The average Bonchev–Trinajstić information content (AvgIpc) is 2.51. The first-order valence-electron chi connectivity index (χ1n) is 5.99. The summed E-state index contributed by atoms with van der Waals surface area (Å²) in [7, 11) is 2.00. The lowest BCUT2D eigenvalue weighted by Crippen LogP contribution is -1.87. The normalized spacial score (nSPS) is 8.47. The number of rotatable bonds is 1. The minimum Gasteiger partial charge on any atom is -0.338 e. The molecule has 0 aromatic carbocycles. The fourth-order valence-electron chi connectivity index (χ4n) is 0.608. The van der Waals surface area contributed by atoms with Crippen molar-refractivity contribution in [1.29, 1.82) is 0 Å². The van der Waals surface area contributed by atoms with Crippen LogP contribution in [0.3, 0.4) is 0 Å². The summed E-state index contributed by atoms with van der Waals surface area (Å²) in [6, 6.07) is 0. The Kier molecular flexibility index (Phi) is 12.5. The van der Waals surface area contributed by atoms with Crippen LogP contribution in [0.1, 0.15) is 58.3 Å². The summed E-state index contributed by atoms with van der Waals surface area (Å²) >= 11 is 0. The van der Waals surface area contributed by atoms with Crippen molar-refractivity contribution in [3.63, 3.8) is 0 Å². The zero-order chi connectivity index (χ0) is 12.3. The highest BCUT2D eigenvalue weighted by atomic mass is 15.0. The topological polar surface area (TPSA) is 17.8 Å². The lowest BCUT2D eigenvalue weighted by molar-refractivity contribution is 0.871. The predicted octanol–water partition coefficient (Wildman–Crippen LogP) is 4.26. The summed E-state index contributed by atoms with van der Waals surface area (Å²) in [5.74, 6) is 0. The molecule has 0 unspecified atom stereocenters. The van der Waals surface area contributed by atoms with Gasteiger partial charge in [0.25, 0.3) is 0 Å². The zero-order valence-electron chi connectivity index (χ0n) is 11.6. The maximum Gasteiger partial charge on any atom is 0.0948 e. The van der Waals surface area contributed by atoms with Crippen LogP contribution in [0.4, 0.5) is 0 Å². The SMILES string of the molecule is CCC.CCCC.Cc1ncn(C)c1C. The first kappa shape index (κ1) is 16.6. The second-order valence-electron chi connectivity index (χ2n) is 3.73. The molecule has 1 rings (SSSR count). The van der Waals surface area contributed by atoms with E-state index in [1.807, 2.05) is 24.9 Å². The van der Waals surface area contributed by atoms with Gasteiger partial charge in [-0.3, -0.25) is 0 Å². The average molecular weight is 212 g/mol. The van der Waals surface area contributed by atoms with Crippen LogP contribution in [0, 0.1) is 13.8 Å². The molecule has 0 aliphatic rings. The molecule has 0 bridgehead atoms. The summed E-state index contributed by atoms with van der Waals surface area (Å²) in [5.41, 5.74) is 2.36. The predicted molar refractivity (Wildman–Crippen MR) is 69.2 cm³/mol. The van der Waals surface area contributed by atoms with E-state index < -0.39 is 0 Å². The van der Waals surface area contributed by atoms with Gasteiger partial charge in [-0.05, 0) is 13.8 Å². The number of aromatic nitrogens is 2. The van der Waals surface area contributed by atoms with Crippen LogP contribution in [0.15, 0.2) is 6.33 Å². The van der Waals surface area contributed by atoms with Crippen LogP contribution in [0.5, 0.6) is 0 Å². The third-order valence-electron chi connectivity index (χ3n) is 1.98. The molecule has 2 heteroatoms. The molecule has 0 radical (unpaired) electrons. The third-order valence-corrected chi connectivity index (χ3v) is 1.98. The summed E-state index contributed by atoms with van der Waals surface area (Å²) in [5, 5.41) is 0. The minimum absolute atomic E-state index is 1.12. The highest BCUT2D eigenvalue weighted by molar-refractivity contribution is 5.07. The van der Waals surface area contributed by atoms with Crippen LogP contribution >= 0.6 is 0 Å². The van der Waals surface area contributed by atoms with Crippen LogP contribution in [-0.4, -0.2) is 9.55 Å². The van der Waals surface area contributed by atoms with Gasteiger partial charge < -0.3 is 4.57 Å². The summed E-state index contributed by atoms with van der Waals surface area (Å²) in [6.07, 6.45) is 5.71. The highest BCUT2D eigenvalue weighted by Crippen LogP contribution is 1.99. The Morgan fingerprint density at radius 3 is 1.53 bits per heavy atom. The lowest BCUT2D eigenvalue weighted by Gasteiger charge is -1.90. The number of hydrogen-bond acceptors (Lipinski definition) is 1. The van der Waals surface area contributed by atoms with Crippen LogP contribution in [-0.2, 0) is 7.05 Å². The molecule has 90 valence electrons. The van der Waals surface area contributed by atoms with Crippen LogP contribution in [0.2, 0.25) is 0 Å². The van der Waals surface area contributed by atoms with Gasteiger partial charge in [0.2, 0.25) is 0 Å². The lowest BCUT2D eigenvalue weighted by atomic mass is 10.4. The molecule has 0 spiro atoms. The molecular formula is C13H28N2. The van der Waals surface area contributed by atoms with Crippen molar-refractivity contribution < 1.29 is 0 Å². The van der Waals surface area contributed by atoms with E-state index in [9.17, 15) is 0 Å². The molecule has 0 aliphatic heterocycles. The molecule has 0 aliphatic carbocycles. The van der Waals surface area contributed by atoms with Crippen LogP contribution < -0.4 is 0 Å². The van der Waals surface area contributed by atoms with Gasteiger partial charge in [-0.2, -0.15) is 0 Å². The molecule has 0 amide bonds. The molecular weight excluding hydrogens is 184 g/mol. The van der Waals surface area contributed by atoms with Gasteiger partial charge in [-0.1, -0.05) is 47.0 Å². The maximum absolute atomic E-state index is 4.08. The van der Waals surface area contributed by atoms with E-state index >= 15 is 0 Å². The Bertz CT molecular complexity index is 205. The molecule has 1 aromatic heterocycles. The summed E-state index contributed by atoms with van der Waals surface area (Å²) in [4.78, 5) is 4.08. The standard InChI is InChI=1S/C6H10N2.C4H10.C3H8/c1-5-6(2)8(3)4-7-5;1-3-4-2;1-3-2/h4H,1-3H3;3-4H2,1-2H3;3H2,1-2H3. The first-order chi connectivity index (χ1) is 7.04. The van der Waals surface area contributed by atoms with E-state index in [0.29, 0.717) is 0 Å². The smallest absolute Gasteiger partial charge is 0.0948 e. The van der Waals surface area contributed by atoms with Gasteiger partial charge in [-0.25, -0.2) is 4.98 Å². The van der Waals surface area contributed by atoms with E-state index in [0.717, 1.165) is 5.69 Å². The second kappa shape index (κ2) is 11.3. The molecule has 15 heavy (non-hydrogen) atoms. The number of unbranched alkanes of at least 4 members (excludes halogenated alkanes) is 1. The van der Waals surface area contributed by atoms with Gasteiger partial charge in [-0.15, -0.1) is 0 Å². The van der Waals surface area contributed by atoms with Crippen molar-refractivity contribution in [3.05, 3.63) is 17.7 Å². The van der Waals surface area contributed by atoms with Gasteiger partial charge in [0.1, 0.15) is 0 Å². The molecule has 2 nitrogen and oxygen atoms in total. The second-order valence-corrected chi connectivity index (χ2v) is 3.73. The Hall–Kier alpha value is -0.790. The van der Waals surface area contributed by atoms with Crippen molar-refractivity contribution in [2.24, 2.45) is 7.05 Å². The van der Waals surface area contributed by atoms with E-state index in [4.69, 9.17) is 0 Å². The quantitative estimate of drug-likeness (QED) is 0.680. The van der Waals surface area contributed by atoms with Gasteiger partial charge in [0.05, 0.1) is 12.0 Å². The van der Waals surface area contributed by atoms with Crippen molar-refractivity contribution in [1.82, 2.24) is 9.55 Å². The molecule has 0 N–H and O–H groups in total. The molecule has 0 saturated heterocycles. The largest absolute Gasteiger partial charge is 0.338 e. The van der Waals surface area contributed by atoms with E-state index in [1.165, 1.54) is 25.0 Å². The first-order valence-corrected chi connectivity index (χ1v) is 5.99. The Morgan fingerprint density at radius 2 is 1.47 bits per heavy atom. The molecule has 1 heterocycles. The van der Waals surface area contributed by atoms with Gasteiger partial charge in [0.15, 0.2) is 0 Å². The van der Waals surface area contributed by atoms with Crippen molar-refractivity contribution in [3.8, 4) is 0 Å². The fraction of sp³-hybridized carbons (Fsp3) is 0.769. The summed E-state index contributed by atoms with van der Waals surface area (Å²) < 4.78 is 2.01. The monoisotopic (exact) mass is 212 g/mol. The van der Waals surface area contributed by atoms with Crippen LogP contribution in [0.25, 0.3) is 0 Å². The van der Waals surface area contributed by atoms with Crippen molar-refractivity contribution in [2.45, 2.75) is 60.8 Å². The number of imidazole rings is 1. The van der Waals surface area contributed by atoms with Crippen molar-refractivity contribution >= 4 is 0 Å². The zero-order valence-corrected chi connectivity index (χ0v) is 11.6. The highest BCUT2D eigenvalue weighted by Gasteiger charge is 1.93. The number of hydrogen-bond donors (Lipinski definition) is 0. The van der Waals surface area contributed by atoms with E-state index in [1.54, 1.807) is 0 Å². The van der Waals surface area contributed by atoms with Crippen molar-refractivity contribution in [2.75, 3.05) is 0 Å². The van der Waals surface area contributed by atoms with E-state index in [-0.39, 0.29) is 0 Å². The molecule has 0 fully saturated rings.